The molecular weight excluding hydrogens is 300 g/mol. The number of aliphatic hydroxyl groups excluding tert-OH is 3. The fraction of sp³-hybridized carbons (Fsp3) is 1.00. The fourth-order valence-corrected chi connectivity index (χ4v) is 4.25. The Morgan fingerprint density at radius 2 is 0.917 bits per heavy atom. The van der Waals surface area contributed by atoms with Crippen LogP contribution in [0.4, 0.5) is 0 Å². The largest absolute Gasteiger partial charge is 0.396 e. The number of hydrogen-bond acceptors (Lipinski definition) is 3. The summed E-state index contributed by atoms with van der Waals surface area (Å²) in [5, 5.41) is 29.7. The maximum atomic E-state index is 9.93. The molecule has 0 aromatic heterocycles. The molecule has 3 N–H and O–H groups in total. The lowest BCUT2D eigenvalue weighted by Gasteiger charge is -2.37. The van der Waals surface area contributed by atoms with Gasteiger partial charge in [0.05, 0.1) is 13.2 Å². The molecule has 144 valence electrons. The summed E-state index contributed by atoms with van der Waals surface area (Å²) in [6.45, 7) is 0.0740. The van der Waals surface area contributed by atoms with E-state index in [0.29, 0.717) is 0 Å². The van der Waals surface area contributed by atoms with E-state index in [1.165, 1.54) is 77.0 Å². The zero-order valence-corrected chi connectivity index (χ0v) is 15.9. The molecule has 0 spiro atoms. The van der Waals surface area contributed by atoms with Crippen LogP contribution in [0.25, 0.3) is 0 Å². The molecule has 1 atom stereocenters. The van der Waals surface area contributed by atoms with Crippen LogP contribution >= 0.6 is 0 Å². The summed E-state index contributed by atoms with van der Waals surface area (Å²) in [7, 11) is 0. The summed E-state index contributed by atoms with van der Waals surface area (Å²) in [5.74, 6) is 0.0337. The molecule has 1 rings (SSSR count). The van der Waals surface area contributed by atoms with Crippen LogP contribution in [0.15, 0.2) is 0 Å². The highest BCUT2D eigenvalue weighted by molar-refractivity contribution is 4.85. The Morgan fingerprint density at radius 3 is 1.29 bits per heavy atom. The average Bonchev–Trinajstić information content (AvgIpc) is 2.61. The first-order chi connectivity index (χ1) is 11.8. The third-order valence-corrected chi connectivity index (χ3v) is 6.19. The Balaban J connectivity index is 2.52. The molecular formula is C21H42O3. The molecule has 0 bridgehead atoms. The molecule has 0 amide bonds. The molecule has 1 aliphatic carbocycles. The second-order valence-electron chi connectivity index (χ2n) is 8.05. The van der Waals surface area contributed by atoms with Gasteiger partial charge in [0, 0.05) is 12.0 Å². The highest BCUT2D eigenvalue weighted by atomic mass is 16.3. The van der Waals surface area contributed by atoms with Crippen molar-refractivity contribution >= 4 is 0 Å². The number of rotatable bonds is 3. The van der Waals surface area contributed by atoms with E-state index in [9.17, 15) is 15.3 Å². The molecule has 1 aliphatic rings. The summed E-state index contributed by atoms with van der Waals surface area (Å²) in [6.07, 6.45) is 19.8. The Hall–Kier alpha value is -0.120. The molecule has 0 saturated heterocycles. The van der Waals surface area contributed by atoms with Gasteiger partial charge in [0.1, 0.15) is 0 Å². The van der Waals surface area contributed by atoms with Gasteiger partial charge in [0.25, 0.3) is 0 Å². The summed E-state index contributed by atoms with van der Waals surface area (Å²) in [4.78, 5) is 0. The van der Waals surface area contributed by atoms with E-state index < -0.39 is 5.41 Å². The van der Waals surface area contributed by atoms with Crippen molar-refractivity contribution in [2.75, 3.05) is 19.8 Å². The maximum absolute atomic E-state index is 9.93. The number of hydrogen-bond donors (Lipinski definition) is 3. The lowest BCUT2D eigenvalue weighted by Crippen LogP contribution is -2.40. The van der Waals surface area contributed by atoms with Gasteiger partial charge in [0.15, 0.2) is 0 Å². The van der Waals surface area contributed by atoms with Crippen molar-refractivity contribution in [1.82, 2.24) is 0 Å². The normalized spacial score (nSPS) is 26.4. The van der Waals surface area contributed by atoms with Crippen molar-refractivity contribution in [3.05, 3.63) is 0 Å². The molecule has 1 fully saturated rings. The van der Waals surface area contributed by atoms with Gasteiger partial charge in [-0.1, -0.05) is 89.9 Å². The standard InChI is InChI=1S/C21H42O3/c22-17-20-15-13-11-9-7-5-3-1-2-4-6-8-10-12-14-16-21(20,18-23)19-24/h20,22-24H,1-19H2. The fourth-order valence-electron chi connectivity index (χ4n) is 4.25. The smallest absolute Gasteiger partial charge is 0.0512 e. The van der Waals surface area contributed by atoms with E-state index in [1.54, 1.807) is 0 Å². The molecule has 1 saturated carbocycles. The second kappa shape index (κ2) is 14.1. The molecule has 24 heavy (non-hydrogen) atoms. The first-order valence-corrected chi connectivity index (χ1v) is 10.6. The van der Waals surface area contributed by atoms with Crippen LogP contribution < -0.4 is 0 Å². The van der Waals surface area contributed by atoms with Crippen LogP contribution in [-0.2, 0) is 0 Å². The molecule has 1 unspecified atom stereocenters. The van der Waals surface area contributed by atoms with Gasteiger partial charge in [-0.05, 0) is 18.8 Å². The minimum atomic E-state index is -0.486. The topological polar surface area (TPSA) is 60.7 Å². The van der Waals surface area contributed by atoms with Gasteiger partial charge >= 0.3 is 0 Å². The molecule has 3 heteroatoms. The predicted octanol–water partition coefficient (Wildman–Crippen LogP) is 4.82. The third kappa shape index (κ3) is 8.31. The average molecular weight is 343 g/mol. The van der Waals surface area contributed by atoms with Crippen LogP contribution in [0.5, 0.6) is 0 Å². The summed E-state index contributed by atoms with van der Waals surface area (Å²) in [6, 6.07) is 0. The van der Waals surface area contributed by atoms with Gasteiger partial charge in [0.2, 0.25) is 0 Å². The van der Waals surface area contributed by atoms with E-state index in [2.05, 4.69) is 0 Å². The number of aliphatic hydroxyl groups is 3. The minimum absolute atomic E-state index is 0.00523. The summed E-state index contributed by atoms with van der Waals surface area (Å²) in [5.41, 5.74) is -0.486. The summed E-state index contributed by atoms with van der Waals surface area (Å²) >= 11 is 0. The molecule has 0 radical (unpaired) electrons. The van der Waals surface area contributed by atoms with Gasteiger partial charge in [-0.15, -0.1) is 0 Å². The molecule has 0 aromatic carbocycles. The monoisotopic (exact) mass is 342 g/mol. The SMILES string of the molecule is OCC1CCCCCCCCCCCCCCCCC1(CO)CO. The van der Waals surface area contributed by atoms with Crippen LogP contribution in [0.3, 0.4) is 0 Å². The first-order valence-electron chi connectivity index (χ1n) is 10.6. The van der Waals surface area contributed by atoms with Crippen molar-refractivity contribution in [3.63, 3.8) is 0 Å². The van der Waals surface area contributed by atoms with E-state index in [4.69, 9.17) is 0 Å². The molecule has 0 heterocycles. The lowest BCUT2D eigenvalue weighted by molar-refractivity contribution is -0.0303. The van der Waals surface area contributed by atoms with Crippen LogP contribution in [-0.4, -0.2) is 35.1 Å². The quantitative estimate of drug-likeness (QED) is 0.689. The highest BCUT2D eigenvalue weighted by Gasteiger charge is 2.36. The van der Waals surface area contributed by atoms with E-state index in [1.807, 2.05) is 0 Å². The van der Waals surface area contributed by atoms with Crippen LogP contribution in [0.2, 0.25) is 0 Å². The Bertz CT molecular complexity index is 276. The maximum Gasteiger partial charge on any atom is 0.0512 e. The van der Waals surface area contributed by atoms with Crippen molar-refractivity contribution in [2.24, 2.45) is 11.3 Å². The molecule has 0 aromatic rings. The zero-order valence-electron chi connectivity index (χ0n) is 15.9. The molecule has 0 aliphatic heterocycles. The van der Waals surface area contributed by atoms with Crippen molar-refractivity contribution in [3.8, 4) is 0 Å². The Kier molecular flexibility index (Phi) is 12.9. The zero-order chi connectivity index (χ0) is 17.5. The molecule has 3 nitrogen and oxygen atoms in total. The van der Waals surface area contributed by atoms with E-state index in [-0.39, 0.29) is 25.7 Å². The van der Waals surface area contributed by atoms with Crippen LogP contribution in [0.1, 0.15) is 103 Å². The Labute approximate surface area is 149 Å². The van der Waals surface area contributed by atoms with Gasteiger partial charge < -0.3 is 15.3 Å². The van der Waals surface area contributed by atoms with Gasteiger partial charge in [-0.2, -0.15) is 0 Å². The van der Waals surface area contributed by atoms with Gasteiger partial charge in [-0.3, -0.25) is 0 Å². The van der Waals surface area contributed by atoms with E-state index in [0.717, 1.165) is 25.7 Å². The second-order valence-corrected chi connectivity index (χ2v) is 8.05. The van der Waals surface area contributed by atoms with Crippen molar-refractivity contribution < 1.29 is 15.3 Å². The van der Waals surface area contributed by atoms with Crippen LogP contribution in [0, 0.1) is 11.3 Å². The minimum Gasteiger partial charge on any atom is -0.396 e. The summed E-state index contributed by atoms with van der Waals surface area (Å²) < 4.78 is 0. The first kappa shape index (κ1) is 21.9. The van der Waals surface area contributed by atoms with Crippen molar-refractivity contribution in [1.29, 1.82) is 0 Å². The highest BCUT2D eigenvalue weighted by Crippen LogP contribution is 2.36. The van der Waals surface area contributed by atoms with Crippen molar-refractivity contribution in [2.45, 2.75) is 103 Å². The van der Waals surface area contributed by atoms with Gasteiger partial charge in [-0.25, -0.2) is 0 Å². The third-order valence-electron chi connectivity index (χ3n) is 6.19. The predicted molar refractivity (Wildman–Crippen MR) is 101 cm³/mol. The Morgan fingerprint density at radius 1 is 0.542 bits per heavy atom. The van der Waals surface area contributed by atoms with E-state index >= 15 is 0 Å². The lowest BCUT2D eigenvalue weighted by atomic mass is 9.71.